The third-order valence-corrected chi connectivity index (χ3v) is 2.78. The quantitative estimate of drug-likeness (QED) is 0.843. The molecule has 5 heteroatoms. The summed E-state index contributed by atoms with van der Waals surface area (Å²) in [5.74, 6) is -2.04. The van der Waals surface area contributed by atoms with Gasteiger partial charge in [-0.05, 0) is 12.1 Å². The topological polar surface area (TPSA) is 29.5 Å². The minimum atomic E-state index is -0.986. The van der Waals surface area contributed by atoms with E-state index in [1.54, 1.807) is 0 Å². The minimum Gasteiger partial charge on any atom is -0.487 e. The van der Waals surface area contributed by atoms with Crippen molar-refractivity contribution in [3.05, 3.63) is 28.2 Å². The second kappa shape index (κ2) is 4.06. The number of halogens is 3. The van der Waals surface area contributed by atoms with E-state index < -0.39 is 11.6 Å². The second-order valence-electron chi connectivity index (χ2n) is 3.56. The molecule has 1 saturated carbocycles. The fourth-order valence-electron chi connectivity index (χ4n) is 1.43. The summed E-state index contributed by atoms with van der Waals surface area (Å²) in [5, 5.41) is 9.02. The summed E-state index contributed by atoms with van der Waals surface area (Å²) in [6.07, 6.45) is 0.333. The first-order chi connectivity index (χ1) is 7.06. The van der Waals surface area contributed by atoms with Crippen molar-refractivity contribution in [2.45, 2.75) is 25.0 Å². The van der Waals surface area contributed by atoms with E-state index in [4.69, 9.17) is 9.84 Å². The van der Waals surface area contributed by atoms with Gasteiger partial charge in [-0.25, -0.2) is 4.39 Å². The van der Waals surface area contributed by atoms with Gasteiger partial charge in [0.25, 0.3) is 0 Å². The van der Waals surface area contributed by atoms with Gasteiger partial charge in [0.1, 0.15) is 6.10 Å². The van der Waals surface area contributed by atoms with Crippen LogP contribution in [0, 0.1) is 11.6 Å². The Morgan fingerprint density at radius 1 is 1.33 bits per heavy atom. The zero-order valence-electron chi connectivity index (χ0n) is 7.71. The normalized spacial score (nSPS) is 24.8. The lowest BCUT2D eigenvalue weighted by Crippen LogP contribution is -2.37. The molecule has 1 aromatic carbocycles. The summed E-state index contributed by atoms with van der Waals surface area (Å²) in [7, 11) is 0. The Labute approximate surface area is 94.0 Å². The summed E-state index contributed by atoms with van der Waals surface area (Å²) in [5.41, 5.74) is 0. The van der Waals surface area contributed by atoms with Crippen LogP contribution in [0.2, 0.25) is 0 Å². The first-order valence-corrected chi connectivity index (χ1v) is 5.35. The van der Waals surface area contributed by atoms with E-state index in [0.29, 0.717) is 17.3 Å². The molecule has 2 nitrogen and oxygen atoms in total. The van der Waals surface area contributed by atoms with Crippen molar-refractivity contribution in [1.82, 2.24) is 0 Å². The highest BCUT2D eigenvalue weighted by Gasteiger charge is 2.30. The Kier molecular flexibility index (Phi) is 2.93. The fourth-order valence-corrected chi connectivity index (χ4v) is 1.84. The summed E-state index contributed by atoms with van der Waals surface area (Å²) >= 11 is 3.05. The van der Waals surface area contributed by atoms with Crippen LogP contribution in [0.5, 0.6) is 5.75 Å². The molecule has 0 atom stereocenters. The molecular formula is C10H9BrF2O2. The number of aliphatic hydroxyl groups excluding tert-OH is 1. The molecule has 2 rings (SSSR count). The van der Waals surface area contributed by atoms with Crippen LogP contribution in [-0.2, 0) is 0 Å². The summed E-state index contributed by atoms with van der Waals surface area (Å²) < 4.78 is 31.8. The summed E-state index contributed by atoms with van der Waals surface area (Å²) in [6, 6.07) is 2.42. The van der Waals surface area contributed by atoms with Crippen molar-refractivity contribution < 1.29 is 18.6 Å². The molecule has 1 N–H and O–H groups in total. The SMILES string of the molecule is OC1CC(Oc2cc(Br)cc(F)c2F)C1. The average molecular weight is 279 g/mol. The molecule has 0 amide bonds. The number of benzene rings is 1. The molecule has 0 heterocycles. The van der Waals surface area contributed by atoms with Gasteiger partial charge < -0.3 is 9.84 Å². The van der Waals surface area contributed by atoms with Crippen LogP contribution >= 0.6 is 15.9 Å². The first-order valence-electron chi connectivity index (χ1n) is 4.55. The molecule has 0 unspecified atom stereocenters. The third-order valence-electron chi connectivity index (χ3n) is 2.32. The van der Waals surface area contributed by atoms with Gasteiger partial charge in [0.15, 0.2) is 11.6 Å². The van der Waals surface area contributed by atoms with Crippen LogP contribution in [0.4, 0.5) is 8.78 Å². The molecule has 0 bridgehead atoms. The first kappa shape index (κ1) is 10.8. The van der Waals surface area contributed by atoms with Gasteiger partial charge in [-0.15, -0.1) is 0 Å². The molecule has 0 aliphatic heterocycles. The Morgan fingerprint density at radius 2 is 2.00 bits per heavy atom. The number of rotatable bonds is 2. The number of hydrogen-bond acceptors (Lipinski definition) is 2. The average Bonchev–Trinajstić information content (AvgIpc) is 2.10. The van der Waals surface area contributed by atoms with Crippen LogP contribution in [0.25, 0.3) is 0 Å². The van der Waals surface area contributed by atoms with Crippen LogP contribution in [0.15, 0.2) is 16.6 Å². The summed E-state index contributed by atoms with van der Waals surface area (Å²) in [4.78, 5) is 0. The Bertz CT molecular complexity index is 378. The smallest absolute Gasteiger partial charge is 0.200 e. The largest absolute Gasteiger partial charge is 0.487 e. The van der Waals surface area contributed by atoms with E-state index in [9.17, 15) is 8.78 Å². The van der Waals surface area contributed by atoms with E-state index in [1.165, 1.54) is 6.07 Å². The molecule has 1 fully saturated rings. The zero-order valence-corrected chi connectivity index (χ0v) is 9.30. The van der Waals surface area contributed by atoms with Gasteiger partial charge in [0.2, 0.25) is 5.82 Å². The molecule has 0 radical (unpaired) electrons. The van der Waals surface area contributed by atoms with Crippen molar-refractivity contribution in [2.24, 2.45) is 0 Å². The highest BCUT2D eigenvalue weighted by Crippen LogP contribution is 2.30. The van der Waals surface area contributed by atoms with Crippen LogP contribution < -0.4 is 4.74 Å². The third kappa shape index (κ3) is 2.29. The van der Waals surface area contributed by atoms with Gasteiger partial charge in [0.05, 0.1) is 6.10 Å². The van der Waals surface area contributed by atoms with E-state index in [-0.39, 0.29) is 18.0 Å². The van der Waals surface area contributed by atoms with Crippen LogP contribution in [0.3, 0.4) is 0 Å². The lowest BCUT2D eigenvalue weighted by molar-refractivity contribution is -0.0127. The van der Waals surface area contributed by atoms with E-state index in [2.05, 4.69) is 15.9 Å². The van der Waals surface area contributed by atoms with Gasteiger partial charge in [-0.3, -0.25) is 0 Å². The molecule has 0 spiro atoms. The molecular weight excluding hydrogens is 270 g/mol. The van der Waals surface area contributed by atoms with Crippen molar-refractivity contribution in [3.8, 4) is 5.75 Å². The molecule has 0 aromatic heterocycles. The number of aliphatic hydroxyl groups is 1. The van der Waals surface area contributed by atoms with E-state index in [0.717, 1.165) is 6.07 Å². The molecule has 15 heavy (non-hydrogen) atoms. The predicted octanol–water partition coefficient (Wildman–Crippen LogP) is 2.63. The van der Waals surface area contributed by atoms with E-state index >= 15 is 0 Å². The zero-order chi connectivity index (χ0) is 11.0. The lowest BCUT2D eigenvalue weighted by atomic mass is 9.92. The molecule has 82 valence electrons. The Balaban J connectivity index is 2.13. The molecule has 1 aliphatic carbocycles. The highest BCUT2D eigenvalue weighted by atomic mass is 79.9. The summed E-state index contributed by atoms with van der Waals surface area (Å²) in [6.45, 7) is 0. The standard InChI is InChI=1S/C10H9BrF2O2/c11-5-1-8(12)10(13)9(2-5)15-7-3-6(14)4-7/h1-2,6-7,14H,3-4H2. The maximum Gasteiger partial charge on any atom is 0.200 e. The molecule has 0 saturated heterocycles. The van der Waals surface area contributed by atoms with Crippen molar-refractivity contribution >= 4 is 15.9 Å². The monoisotopic (exact) mass is 278 g/mol. The minimum absolute atomic E-state index is 0.112. The highest BCUT2D eigenvalue weighted by molar-refractivity contribution is 9.10. The van der Waals surface area contributed by atoms with Gasteiger partial charge in [-0.2, -0.15) is 4.39 Å². The second-order valence-corrected chi connectivity index (χ2v) is 4.48. The van der Waals surface area contributed by atoms with Crippen molar-refractivity contribution in [1.29, 1.82) is 0 Å². The lowest BCUT2D eigenvalue weighted by Gasteiger charge is -2.31. The number of ether oxygens (including phenoxy) is 1. The van der Waals surface area contributed by atoms with Crippen molar-refractivity contribution in [2.75, 3.05) is 0 Å². The van der Waals surface area contributed by atoms with Gasteiger partial charge in [-0.1, -0.05) is 15.9 Å². The predicted molar refractivity (Wildman–Crippen MR) is 53.7 cm³/mol. The van der Waals surface area contributed by atoms with Gasteiger partial charge >= 0.3 is 0 Å². The maximum absolute atomic E-state index is 13.2. The van der Waals surface area contributed by atoms with Gasteiger partial charge in [0, 0.05) is 17.3 Å². The van der Waals surface area contributed by atoms with Crippen molar-refractivity contribution in [3.63, 3.8) is 0 Å². The Morgan fingerprint density at radius 3 is 2.60 bits per heavy atom. The molecule has 1 aliphatic rings. The fraction of sp³-hybridized carbons (Fsp3) is 0.400. The number of hydrogen-bond donors (Lipinski definition) is 1. The van der Waals surface area contributed by atoms with Crippen LogP contribution in [0.1, 0.15) is 12.8 Å². The van der Waals surface area contributed by atoms with E-state index in [1.807, 2.05) is 0 Å². The van der Waals surface area contributed by atoms with Crippen LogP contribution in [-0.4, -0.2) is 17.3 Å². The maximum atomic E-state index is 13.2. The molecule has 1 aromatic rings. The Hall–Kier alpha value is -0.680.